The molecule has 1 N–H and O–H groups in total. The number of rotatable bonds is 3. The summed E-state index contributed by atoms with van der Waals surface area (Å²) in [5.74, 6) is -0.971. The van der Waals surface area contributed by atoms with Crippen LogP contribution < -0.4 is 5.32 Å². The molecule has 24 heavy (non-hydrogen) atoms. The molecule has 0 bridgehead atoms. The van der Waals surface area contributed by atoms with Crippen LogP contribution >= 0.6 is 12.4 Å². The first-order chi connectivity index (χ1) is 10.9. The number of halogens is 1. The van der Waals surface area contributed by atoms with E-state index in [1.165, 1.54) is 0 Å². The van der Waals surface area contributed by atoms with Crippen LogP contribution in [0.15, 0.2) is 18.2 Å². The number of hydrogen-bond donors (Lipinski definition) is 1. The average Bonchev–Trinajstić information content (AvgIpc) is 3.14. The van der Waals surface area contributed by atoms with Gasteiger partial charge in [-0.2, -0.15) is 0 Å². The lowest BCUT2D eigenvalue weighted by Crippen LogP contribution is -2.51. The van der Waals surface area contributed by atoms with Gasteiger partial charge in [0.1, 0.15) is 6.04 Å². The molecule has 2 heterocycles. The fraction of sp³-hybridized carbons (Fsp3) is 0.471. The zero-order chi connectivity index (χ0) is 16.7. The summed E-state index contributed by atoms with van der Waals surface area (Å²) in [6, 6.07) is 4.48. The van der Waals surface area contributed by atoms with Crippen molar-refractivity contribution in [2.75, 3.05) is 20.1 Å². The predicted molar refractivity (Wildman–Crippen MR) is 92.4 cm³/mol. The van der Waals surface area contributed by atoms with Crippen LogP contribution in [0.3, 0.4) is 0 Å². The first-order valence-corrected chi connectivity index (χ1v) is 7.87. The number of likely N-dealkylation sites (N-methyl/N-ethyl adjacent to an activating group) is 1. The van der Waals surface area contributed by atoms with Gasteiger partial charge in [0.15, 0.2) is 0 Å². The van der Waals surface area contributed by atoms with Crippen molar-refractivity contribution in [3.63, 3.8) is 0 Å². The monoisotopic (exact) mass is 351 g/mol. The van der Waals surface area contributed by atoms with Gasteiger partial charge < -0.3 is 10.2 Å². The Hall–Kier alpha value is -1.92. The maximum Gasteiger partial charge on any atom is 0.262 e. The van der Waals surface area contributed by atoms with Gasteiger partial charge in [0.25, 0.3) is 11.8 Å². The third kappa shape index (κ3) is 2.91. The maximum atomic E-state index is 12.7. The molecule has 0 spiro atoms. The van der Waals surface area contributed by atoms with E-state index in [0.29, 0.717) is 11.1 Å². The smallest absolute Gasteiger partial charge is 0.262 e. The van der Waals surface area contributed by atoms with Crippen molar-refractivity contribution in [1.82, 2.24) is 15.1 Å². The summed E-state index contributed by atoms with van der Waals surface area (Å²) < 4.78 is 0. The Morgan fingerprint density at radius 3 is 2.58 bits per heavy atom. The molecule has 1 saturated heterocycles. The molecule has 0 saturated carbocycles. The van der Waals surface area contributed by atoms with Gasteiger partial charge in [0.2, 0.25) is 5.91 Å². The van der Waals surface area contributed by atoms with Crippen molar-refractivity contribution in [1.29, 1.82) is 0 Å². The minimum absolute atomic E-state index is 0. The van der Waals surface area contributed by atoms with E-state index in [4.69, 9.17) is 0 Å². The van der Waals surface area contributed by atoms with E-state index in [1.807, 2.05) is 6.92 Å². The van der Waals surface area contributed by atoms with Crippen LogP contribution in [0.4, 0.5) is 0 Å². The van der Waals surface area contributed by atoms with Gasteiger partial charge in [-0.15, -0.1) is 12.4 Å². The van der Waals surface area contributed by atoms with Crippen LogP contribution in [0.2, 0.25) is 0 Å². The number of amides is 3. The lowest BCUT2D eigenvalue weighted by atomic mass is 10.1. The summed E-state index contributed by atoms with van der Waals surface area (Å²) in [5.41, 5.74) is 1.69. The zero-order valence-electron chi connectivity index (χ0n) is 14.0. The van der Waals surface area contributed by atoms with Crippen LogP contribution in [-0.4, -0.2) is 59.7 Å². The minimum Gasteiger partial charge on any atom is -0.340 e. The molecule has 3 amide bonds. The Labute approximate surface area is 147 Å². The summed E-state index contributed by atoms with van der Waals surface area (Å²) in [6.07, 6.45) is 0.885. The molecule has 130 valence electrons. The largest absolute Gasteiger partial charge is 0.340 e. The number of carbonyl (C=O) groups is 3. The highest BCUT2D eigenvalue weighted by Gasteiger charge is 2.42. The third-order valence-electron chi connectivity index (χ3n) is 4.75. The van der Waals surface area contributed by atoms with Gasteiger partial charge >= 0.3 is 0 Å². The van der Waals surface area contributed by atoms with E-state index in [0.717, 1.165) is 30.0 Å². The van der Waals surface area contributed by atoms with E-state index in [9.17, 15) is 14.4 Å². The number of aryl methyl sites for hydroxylation is 1. The standard InChI is InChI=1S/C17H21N3O3.ClH/c1-10-4-5-13-14(8-10)17(23)20(16(13)22)11(2)15(21)19(3)12-6-7-18-9-12;/h4-5,8,11-12,18H,6-7,9H2,1-3H3;1H. The fourth-order valence-electron chi connectivity index (χ4n) is 3.28. The van der Waals surface area contributed by atoms with Crippen molar-refractivity contribution < 1.29 is 14.4 Å². The predicted octanol–water partition coefficient (Wildman–Crippen LogP) is 1.22. The molecular formula is C17H22ClN3O3. The molecule has 1 fully saturated rings. The van der Waals surface area contributed by atoms with Crippen molar-refractivity contribution >= 4 is 30.1 Å². The van der Waals surface area contributed by atoms with Crippen LogP contribution in [-0.2, 0) is 4.79 Å². The average molecular weight is 352 g/mol. The number of carbonyl (C=O) groups excluding carboxylic acids is 3. The van der Waals surface area contributed by atoms with Crippen LogP contribution in [0.25, 0.3) is 0 Å². The normalized spacial score (nSPS) is 20.6. The molecule has 3 rings (SSSR count). The number of nitrogens with zero attached hydrogens (tertiary/aromatic N) is 2. The zero-order valence-corrected chi connectivity index (χ0v) is 14.9. The van der Waals surface area contributed by atoms with Gasteiger partial charge in [-0.25, -0.2) is 0 Å². The van der Waals surface area contributed by atoms with E-state index in [1.54, 1.807) is 37.1 Å². The molecule has 6 nitrogen and oxygen atoms in total. The second-order valence-corrected chi connectivity index (χ2v) is 6.30. The van der Waals surface area contributed by atoms with E-state index < -0.39 is 6.04 Å². The molecule has 2 atom stereocenters. The van der Waals surface area contributed by atoms with Gasteiger partial charge in [0.05, 0.1) is 11.1 Å². The van der Waals surface area contributed by atoms with Crippen LogP contribution in [0, 0.1) is 6.92 Å². The van der Waals surface area contributed by atoms with Gasteiger partial charge in [-0.1, -0.05) is 11.6 Å². The van der Waals surface area contributed by atoms with Crippen molar-refractivity contribution in [2.45, 2.75) is 32.4 Å². The molecule has 0 aliphatic carbocycles. The summed E-state index contributed by atoms with van der Waals surface area (Å²) in [7, 11) is 1.73. The second-order valence-electron chi connectivity index (χ2n) is 6.30. The highest BCUT2D eigenvalue weighted by Crippen LogP contribution is 2.26. The quantitative estimate of drug-likeness (QED) is 0.831. The Balaban J connectivity index is 0.00000208. The summed E-state index contributed by atoms with van der Waals surface area (Å²) in [4.78, 5) is 40.5. The number of fused-ring (bicyclic) bond motifs is 1. The van der Waals surface area contributed by atoms with E-state index in [-0.39, 0.29) is 36.2 Å². The molecule has 2 aliphatic rings. The lowest BCUT2D eigenvalue weighted by Gasteiger charge is -2.30. The summed E-state index contributed by atoms with van der Waals surface area (Å²) in [5, 5.41) is 3.21. The SMILES string of the molecule is Cc1ccc2c(c1)C(=O)N(C(C)C(=O)N(C)C1CCNC1)C2=O.Cl. The first kappa shape index (κ1) is 18.4. The molecule has 1 aromatic rings. The Morgan fingerprint density at radius 2 is 1.96 bits per heavy atom. The Bertz CT molecular complexity index is 686. The molecule has 2 unspecified atom stereocenters. The molecule has 0 radical (unpaired) electrons. The highest BCUT2D eigenvalue weighted by molar-refractivity contribution is 6.22. The first-order valence-electron chi connectivity index (χ1n) is 7.87. The van der Waals surface area contributed by atoms with Gasteiger partial charge in [0, 0.05) is 19.6 Å². The topological polar surface area (TPSA) is 69.7 Å². The Kier molecular flexibility index (Phi) is 5.30. The van der Waals surface area contributed by atoms with Crippen molar-refractivity contribution in [2.24, 2.45) is 0 Å². The fourth-order valence-corrected chi connectivity index (χ4v) is 3.28. The number of hydrogen-bond acceptors (Lipinski definition) is 4. The van der Waals surface area contributed by atoms with Gasteiger partial charge in [-0.05, 0) is 38.9 Å². The molecular weight excluding hydrogens is 330 g/mol. The third-order valence-corrected chi connectivity index (χ3v) is 4.75. The highest BCUT2D eigenvalue weighted by atomic mass is 35.5. The lowest BCUT2D eigenvalue weighted by molar-refractivity contribution is -0.135. The summed E-state index contributed by atoms with van der Waals surface area (Å²) >= 11 is 0. The number of benzene rings is 1. The van der Waals surface area contributed by atoms with Crippen molar-refractivity contribution in [3.8, 4) is 0 Å². The van der Waals surface area contributed by atoms with Crippen LogP contribution in [0.5, 0.6) is 0 Å². The molecule has 7 heteroatoms. The molecule has 1 aromatic carbocycles. The minimum atomic E-state index is -0.798. The molecule has 2 aliphatic heterocycles. The van der Waals surface area contributed by atoms with Crippen LogP contribution in [0.1, 0.15) is 39.6 Å². The second kappa shape index (κ2) is 6.91. The van der Waals surface area contributed by atoms with E-state index in [2.05, 4.69) is 5.32 Å². The Morgan fingerprint density at radius 1 is 1.29 bits per heavy atom. The number of nitrogens with one attached hydrogen (secondary N) is 1. The van der Waals surface area contributed by atoms with E-state index >= 15 is 0 Å². The summed E-state index contributed by atoms with van der Waals surface area (Å²) in [6.45, 7) is 5.12. The van der Waals surface area contributed by atoms with Crippen molar-refractivity contribution in [3.05, 3.63) is 34.9 Å². The number of imide groups is 1. The van der Waals surface area contributed by atoms with Gasteiger partial charge in [-0.3, -0.25) is 19.3 Å². The molecule has 0 aromatic heterocycles. The maximum absolute atomic E-state index is 12.7.